The molecule has 0 fully saturated rings. The van der Waals surface area contributed by atoms with Crippen molar-refractivity contribution in [1.29, 1.82) is 0 Å². The van der Waals surface area contributed by atoms with Gasteiger partial charge in [-0.25, -0.2) is 0 Å². The minimum atomic E-state index is -0.200. The van der Waals surface area contributed by atoms with Gasteiger partial charge < -0.3 is 14.8 Å². The van der Waals surface area contributed by atoms with Crippen LogP contribution < -0.4 is 14.8 Å². The maximum absolute atomic E-state index is 12.1. The number of benzene rings is 3. The van der Waals surface area contributed by atoms with E-state index in [1.165, 1.54) is 0 Å². The highest BCUT2D eigenvalue weighted by Gasteiger charge is 2.05. The number of rotatable bonds is 7. The molecule has 0 spiro atoms. The molecule has 4 nitrogen and oxygen atoms in total. The summed E-state index contributed by atoms with van der Waals surface area (Å²) in [5, 5.41) is 5.05. The van der Waals surface area contributed by atoms with Crippen LogP contribution >= 0.6 is 0 Å². The van der Waals surface area contributed by atoms with Crippen LogP contribution in [-0.2, 0) is 4.79 Å². The molecule has 3 aromatic carbocycles. The second kappa shape index (κ2) is 8.39. The van der Waals surface area contributed by atoms with Crippen molar-refractivity contribution in [3.8, 4) is 11.5 Å². The number of amides is 1. The largest absolute Gasteiger partial charge is 0.493 e. The van der Waals surface area contributed by atoms with Gasteiger partial charge in [0.25, 0.3) is 5.91 Å². The minimum absolute atomic E-state index is 0.0378. The molecule has 3 rings (SSSR count). The zero-order valence-corrected chi connectivity index (χ0v) is 15.1. The smallest absolute Gasteiger partial charge is 0.262 e. The van der Waals surface area contributed by atoms with Gasteiger partial charge in [0.15, 0.2) is 6.61 Å². The molecule has 3 aromatic rings. The van der Waals surface area contributed by atoms with Gasteiger partial charge in [0.1, 0.15) is 11.5 Å². The van der Waals surface area contributed by atoms with Crippen molar-refractivity contribution in [3.05, 3.63) is 66.7 Å². The quantitative estimate of drug-likeness (QED) is 0.660. The van der Waals surface area contributed by atoms with Crippen molar-refractivity contribution < 1.29 is 14.3 Å². The maximum atomic E-state index is 12.1. The first-order valence-electron chi connectivity index (χ1n) is 8.74. The molecule has 0 aliphatic rings. The lowest BCUT2D eigenvalue weighted by Crippen LogP contribution is -2.20. The third kappa shape index (κ3) is 4.99. The molecular weight excluding hydrogens is 326 g/mol. The van der Waals surface area contributed by atoms with E-state index in [0.29, 0.717) is 24.0 Å². The number of nitrogens with one attached hydrogen (secondary N) is 1. The van der Waals surface area contributed by atoms with Gasteiger partial charge in [0.2, 0.25) is 0 Å². The molecule has 0 radical (unpaired) electrons. The van der Waals surface area contributed by atoms with E-state index in [4.69, 9.17) is 9.47 Å². The van der Waals surface area contributed by atoms with E-state index in [9.17, 15) is 4.79 Å². The first kappa shape index (κ1) is 17.8. The fraction of sp³-hybridized carbons (Fsp3) is 0.227. The molecule has 26 heavy (non-hydrogen) atoms. The summed E-state index contributed by atoms with van der Waals surface area (Å²) in [6.45, 7) is 4.84. The van der Waals surface area contributed by atoms with Gasteiger partial charge in [-0.05, 0) is 53.1 Å². The standard InChI is InChI=1S/C22H23NO3/c1-16(2)14-25-20-11-8-19(9-12-20)23-22(24)15-26-21-10-7-17-5-3-4-6-18(17)13-21/h3-13,16H,14-15H2,1-2H3,(H,23,24). The molecule has 1 amide bonds. The average molecular weight is 349 g/mol. The highest BCUT2D eigenvalue weighted by molar-refractivity contribution is 5.92. The van der Waals surface area contributed by atoms with Gasteiger partial charge in [0.05, 0.1) is 6.61 Å². The summed E-state index contributed by atoms with van der Waals surface area (Å²) in [6, 6.07) is 21.2. The van der Waals surface area contributed by atoms with E-state index in [0.717, 1.165) is 16.5 Å². The number of carbonyl (C=O) groups is 1. The predicted molar refractivity (Wildman–Crippen MR) is 105 cm³/mol. The number of hydrogen-bond donors (Lipinski definition) is 1. The molecule has 1 N–H and O–H groups in total. The van der Waals surface area contributed by atoms with E-state index < -0.39 is 0 Å². The van der Waals surface area contributed by atoms with E-state index in [2.05, 4.69) is 19.2 Å². The van der Waals surface area contributed by atoms with Gasteiger partial charge in [0, 0.05) is 5.69 Å². The normalized spacial score (nSPS) is 10.7. The lowest BCUT2D eigenvalue weighted by Gasteiger charge is -2.10. The zero-order chi connectivity index (χ0) is 18.4. The van der Waals surface area contributed by atoms with Crippen molar-refractivity contribution in [2.45, 2.75) is 13.8 Å². The van der Waals surface area contributed by atoms with E-state index in [1.807, 2.05) is 66.7 Å². The summed E-state index contributed by atoms with van der Waals surface area (Å²) in [5.74, 6) is 1.75. The van der Waals surface area contributed by atoms with E-state index in [1.54, 1.807) is 0 Å². The third-order valence-electron chi connectivity index (χ3n) is 3.81. The Kier molecular flexibility index (Phi) is 5.74. The number of hydrogen-bond acceptors (Lipinski definition) is 3. The van der Waals surface area contributed by atoms with Crippen LogP contribution in [0.15, 0.2) is 66.7 Å². The van der Waals surface area contributed by atoms with Gasteiger partial charge >= 0.3 is 0 Å². The molecule has 0 heterocycles. The Bertz CT molecular complexity index is 872. The molecule has 0 bridgehead atoms. The van der Waals surface area contributed by atoms with Gasteiger partial charge in [-0.15, -0.1) is 0 Å². The Morgan fingerprint density at radius 3 is 2.31 bits per heavy atom. The number of anilines is 1. The molecule has 0 saturated heterocycles. The van der Waals surface area contributed by atoms with E-state index >= 15 is 0 Å². The van der Waals surface area contributed by atoms with Crippen LogP contribution in [-0.4, -0.2) is 19.1 Å². The third-order valence-corrected chi connectivity index (χ3v) is 3.81. The SMILES string of the molecule is CC(C)COc1ccc(NC(=O)COc2ccc3ccccc3c2)cc1. The van der Waals surface area contributed by atoms with Crippen LogP contribution in [0.3, 0.4) is 0 Å². The van der Waals surface area contributed by atoms with Crippen LogP contribution in [0.4, 0.5) is 5.69 Å². The predicted octanol–water partition coefficient (Wildman–Crippen LogP) is 4.89. The van der Waals surface area contributed by atoms with Gasteiger partial charge in [-0.3, -0.25) is 4.79 Å². The Balaban J connectivity index is 1.51. The average Bonchev–Trinajstić information content (AvgIpc) is 2.65. The Morgan fingerprint density at radius 1 is 0.885 bits per heavy atom. The topological polar surface area (TPSA) is 47.6 Å². The number of ether oxygens (including phenoxy) is 2. The Labute approximate surface area is 153 Å². The van der Waals surface area contributed by atoms with Crippen LogP contribution in [0.1, 0.15) is 13.8 Å². The lowest BCUT2D eigenvalue weighted by atomic mass is 10.1. The van der Waals surface area contributed by atoms with Gasteiger partial charge in [-0.1, -0.05) is 44.2 Å². The Morgan fingerprint density at radius 2 is 1.58 bits per heavy atom. The molecule has 134 valence electrons. The fourth-order valence-corrected chi connectivity index (χ4v) is 2.50. The summed E-state index contributed by atoms with van der Waals surface area (Å²) in [5.41, 5.74) is 0.717. The lowest BCUT2D eigenvalue weighted by molar-refractivity contribution is -0.118. The van der Waals surface area contributed by atoms with Crippen molar-refractivity contribution >= 4 is 22.4 Å². The maximum Gasteiger partial charge on any atom is 0.262 e. The molecule has 0 aromatic heterocycles. The highest BCUT2D eigenvalue weighted by atomic mass is 16.5. The molecule has 0 aliphatic carbocycles. The molecule has 0 unspecified atom stereocenters. The summed E-state index contributed by atoms with van der Waals surface area (Å²) >= 11 is 0. The number of carbonyl (C=O) groups excluding carboxylic acids is 1. The molecule has 0 saturated carbocycles. The van der Waals surface area contributed by atoms with Crippen molar-refractivity contribution in [3.63, 3.8) is 0 Å². The Hall–Kier alpha value is -3.01. The summed E-state index contributed by atoms with van der Waals surface area (Å²) in [4.78, 5) is 12.1. The summed E-state index contributed by atoms with van der Waals surface area (Å²) in [7, 11) is 0. The summed E-state index contributed by atoms with van der Waals surface area (Å²) < 4.78 is 11.2. The molecule has 4 heteroatoms. The first-order chi connectivity index (χ1) is 12.6. The van der Waals surface area contributed by atoms with Crippen LogP contribution in [0.5, 0.6) is 11.5 Å². The van der Waals surface area contributed by atoms with E-state index in [-0.39, 0.29) is 12.5 Å². The molecule has 0 atom stereocenters. The highest BCUT2D eigenvalue weighted by Crippen LogP contribution is 2.21. The monoisotopic (exact) mass is 349 g/mol. The summed E-state index contributed by atoms with van der Waals surface area (Å²) in [6.07, 6.45) is 0. The van der Waals surface area contributed by atoms with Crippen LogP contribution in [0.2, 0.25) is 0 Å². The second-order valence-corrected chi connectivity index (χ2v) is 6.58. The van der Waals surface area contributed by atoms with Crippen LogP contribution in [0, 0.1) is 5.92 Å². The first-order valence-corrected chi connectivity index (χ1v) is 8.74. The number of fused-ring (bicyclic) bond motifs is 1. The van der Waals surface area contributed by atoms with Crippen molar-refractivity contribution in [2.24, 2.45) is 5.92 Å². The second-order valence-electron chi connectivity index (χ2n) is 6.58. The fourth-order valence-electron chi connectivity index (χ4n) is 2.50. The van der Waals surface area contributed by atoms with Gasteiger partial charge in [-0.2, -0.15) is 0 Å². The zero-order valence-electron chi connectivity index (χ0n) is 15.1. The van der Waals surface area contributed by atoms with Crippen molar-refractivity contribution in [2.75, 3.05) is 18.5 Å². The molecular formula is C22H23NO3. The van der Waals surface area contributed by atoms with Crippen LogP contribution in [0.25, 0.3) is 10.8 Å². The van der Waals surface area contributed by atoms with Crippen molar-refractivity contribution in [1.82, 2.24) is 0 Å². The minimum Gasteiger partial charge on any atom is -0.493 e. The molecule has 0 aliphatic heterocycles.